The fourth-order valence-corrected chi connectivity index (χ4v) is 2.77. The van der Waals surface area contributed by atoms with E-state index in [2.05, 4.69) is 64.4 Å². The molecule has 3 heteroatoms. The van der Waals surface area contributed by atoms with Gasteiger partial charge in [-0.3, -0.25) is 4.79 Å². The Morgan fingerprint density at radius 2 is 1.90 bits per heavy atom. The molecule has 0 aromatic carbocycles. The van der Waals surface area contributed by atoms with Crippen molar-refractivity contribution in [2.24, 2.45) is 5.41 Å². The second-order valence-electron chi connectivity index (χ2n) is 7.20. The molecule has 0 radical (unpaired) electrons. The summed E-state index contributed by atoms with van der Waals surface area (Å²) in [5.74, 6) is 0.148. The van der Waals surface area contributed by atoms with Crippen LogP contribution in [-0.2, 0) is 11.2 Å². The minimum atomic E-state index is 0.0531. The number of carbonyl (C=O) groups excluding carboxylic acids is 1. The van der Waals surface area contributed by atoms with Crippen LogP contribution in [0.4, 0.5) is 0 Å². The number of nitrogens with one attached hydrogen (secondary N) is 1. The average molecular weight is 278 g/mol. The van der Waals surface area contributed by atoms with Crippen LogP contribution in [-0.4, -0.2) is 17.0 Å². The van der Waals surface area contributed by atoms with E-state index in [-0.39, 0.29) is 11.3 Å². The Hall–Kier alpha value is -1.25. The van der Waals surface area contributed by atoms with Gasteiger partial charge in [-0.15, -0.1) is 0 Å². The van der Waals surface area contributed by atoms with E-state index in [4.69, 9.17) is 0 Å². The molecular weight excluding hydrogens is 248 g/mol. The molecule has 0 atom stereocenters. The summed E-state index contributed by atoms with van der Waals surface area (Å²) in [6.07, 6.45) is 1.49. The fraction of sp³-hybridized carbons (Fsp3) is 0.706. The lowest BCUT2D eigenvalue weighted by molar-refractivity contribution is -0.122. The van der Waals surface area contributed by atoms with Crippen LogP contribution in [0.15, 0.2) is 6.07 Å². The zero-order valence-electron chi connectivity index (χ0n) is 14.1. The molecule has 0 bridgehead atoms. The molecule has 1 rings (SSSR count). The standard InChI is InChI=1S/C17H30N2O/c1-12(2)19-13(3)10-15(14(19)4)8-9-18-16(20)11-17(5,6)7/h10,12H,8-9,11H2,1-7H3,(H,18,20). The summed E-state index contributed by atoms with van der Waals surface area (Å²) in [5.41, 5.74) is 4.01. The molecule has 0 spiro atoms. The summed E-state index contributed by atoms with van der Waals surface area (Å²) >= 11 is 0. The number of hydrogen-bond donors (Lipinski definition) is 1. The van der Waals surface area contributed by atoms with E-state index < -0.39 is 0 Å². The van der Waals surface area contributed by atoms with Gasteiger partial charge in [-0.1, -0.05) is 20.8 Å². The van der Waals surface area contributed by atoms with Crippen LogP contribution in [0.2, 0.25) is 0 Å². The molecule has 0 aliphatic rings. The maximum atomic E-state index is 11.8. The van der Waals surface area contributed by atoms with E-state index in [9.17, 15) is 4.79 Å². The van der Waals surface area contributed by atoms with E-state index >= 15 is 0 Å². The van der Waals surface area contributed by atoms with Crippen LogP contribution < -0.4 is 5.32 Å². The first kappa shape index (κ1) is 16.8. The van der Waals surface area contributed by atoms with Crippen LogP contribution >= 0.6 is 0 Å². The number of aromatic nitrogens is 1. The summed E-state index contributed by atoms with van der Waals surface area (Å²) in [4.78, 5) is 11.8. The number of amides is 1. The Labute approximate surface area is 123 Å². The molecular formula is C17H30N2O. The van der Waals surface area contributed by atoms with Gasteiger partial charge < -0.3 is 9.88 Å². The van der Waals surface area contributed by atoms with Gasteiger partial charge in [0.15, 0.2) is 0 Å². The molecule has 0 aliphatic carbocycles. The van der Waals surface area contributed by atoms with Gasteiger partial charge in [-0.05, 0) is 51.2 Å². The monoisotopic (exact) mass is 278 g/mol. The molecule has 1 aromatic heterocycles. The third-order valence-electron chi connectivity index (χ3n) is 3.51. The summed E-state index contributed by atoms with van der Waals surface area (Å²) in [7, 11) is 0. The molecule has 114 valence electrons. The smallest absolute Gasteiger partial charge is 0.220 e. The Balaban J connectivity index is 2.55. The van der Waals surface area contributed by atoms with Crippen molar-refractivity contribution in [3.63, 3.8) is 0 Å². The number of rotatable bonds is 5. The molecule has 0 saturated heterocycles. The molecule has 3 nitrogen and oxygen atoms in total. The van der Waals surface area contributed by atoms with Gasteiger partial charge in [0.05, 0.1) is 0 Å². The molecule has 1 amide bonds. The Morgan fingerprint density at radius 3 is 2.35 bits per heavy atom. The Morgan fingerprint density at radius 1 is 1.30 bits per heavy atom. The van der Waals surface area contributed by atoms with Crippen LogP contribution in [0.3, 0.4) is 0 Å². The summed E-state index contributed by atoms with van der Waals surface area (Å²) in [6.45, 7) is 15.7. The highest BCUT2D eigenvalue weighted by Gasteiger charge is 2.16. The topological polar surface area (TPSA) is 34.0 Å². The van der Waals surface area contributed by atoms with E-state index in [0.717, 1.165) is 13.0 Å². The van der Waals surface area contributed by atoms with Gasteiger partial charge in [0, 0.05) is 30.4 Å². The largest absolute Gasteiger partial charge is 0.356 e. The maximum absolute atomic E-state index is 11.8. The van der Waals surface area contributed by atoms with Gasteiger partial charge in [0.25, 0.3) is 0 Å². The average Bonchev–Trinajstić information content (AvgIpc) is 2.51. The van der Waals surface area contributed by atoms with E-state index in [1.54, 1.807) is 0 Å². The molecule has 20 heavy (non-hydrogen) atoms. The zero-order valence-corrected chi connectivity index (χ0v) is 14.1. The summed E-state index contributed by atoms with van der Waals surface area (Å²) < 4.78 is 2.35. The molecule has 0 fully saturated rings. The quantitative estimate of drug-likeness (QED) is 0.873. The number of carbonyl (C=O) groups is 1. The van der Waals surface area contributed by atoms with Crippen LogP contribution in [0, 0.1) is 19.3 Å². The van der Waals surface area contributed by atoms with Crippen molar-refractivity contribution in [2.45, 2.75) is 67.3 Å². The Kier molecular flexibility index (Phi) is 5.43. The first-order chi connectivity index (χ1) is 9.11. The van der Waals surface area contributed by atoms with Crippen molar-refractivity contribution in [2.75, 3.05) is 6.54 Å². The van der Waals surface area contributed by atoms with Gasteiger partial charge in [-0.2, -0.15) is 0 Å². The number of nitrogens with zero attached hydrogens (tertiary/aromatic N) is 1. The van der Waals surface area contributed by atoms with Crippen molar-refractivity contribution < 1.29 is 4.79 Å². The molecule has 1 aromatic rings. The van der Waals surface area contributed by atoms with Crippen LogP contribution in [0.1, 0.15) is 64.0 Å². The third kappa shape index (κ3) is 4.69. The SMILES string of the molecule is Cc1cc(CCNC(=O)CC(C)(C)C)c(C)n1C(C)C. The van der Waals surface area contributed by atoms with Crippen molar-refractivity contribution in [3.8, 4) is 0 Å². The minimum absolute atomic E-state index is 0.0531. The van der Waals surface area contributed by atoms with Crippen molar-refractivity contribution >= 4 is 5.91 Å². The second-order valence-corrected chi connectivity index (χ2v) is 7.20. The maximum Gasteiger partial charge on any atom is 0.220 e. The molecule has 1 heterocycles. The normalized spacial score (nSPS) is 12.0. The zero-order chi connectivity index (χ0) is 15.5. The minimum Gasteiger partial charge on any atom is -0.356 e. The predicted octanol–water partition coefficient (Wildman–Crippen LogP) is 3.78. The highest BCUT2D eigenvalue weighted by molar-refractivity contribution is 5.76. The van der Waals surface area contributed by atoms with Crippen LogP contribution in [0.25, 0.3) is 0 Å². The van der Waals surface area contributed by atoms with Gasteiger partial charge in [0.2, 0.25) is 5.91 Å². The number of hydrogen-bond acceptors (Lipinski definition) is 1. The first-order valence-electron chi connectivity index (χ1n) is 7.56. The lowest BCUT2D eigenvalue weighted by Gasteiger charge is -2.17. The summed E-state index contributed by atoms with van der Waals surface area (Å²) in [6, 6.07) is 2.73. The molecule has 0 saturated carbocycles. The first-order valence-corrected chi connectivity index (χ1v) is 7.56. The van der Waals surface area contributed by atoms with E-state index in [1.165, 1.54) is 17.0 Å². The predicted molar refractivity (Wildman–Crippen MR) is 85.1 cm³/mol. The lowest BCUT2D eigenvalue weighted by atomic mass is 9.92. The van der Waals surface area contributed by atoms with Gasteiger partial charge >= 0.3 is 0 Å². The van der Waals surface area contributed by atoms with Crippen LogP contribution in [0.5, 0.6) is 0 Å². The fourth-order valence-electron chi connectivity index (χ4n) is 2.77. The van der Waals surface area contributed by atoms with Crippen molar-refractivity contribution in [3.05, 3.63) is 23.0 Å². The number of aryl methyl sites for hydroxylation is 1. The third-order valence-corrected chi connectivity index (χ3v) is 3.51. The van der Waals surface area contributed by atoms with E-state index in [1.807, 2.05) is 0 Å². The van der Waals surface area contributed by atoms with Crippen molar-refractivity contribution in [1.82, 2.24) is 9.88 Å². The second kappa shape index (κ2) is 6.47. The van der Waals surface area contributed by atoms with Gasteiger partial charge in [0.1, 0.15) is 0 Å². The summed E-state index contributed by atoms with van der Waals surface area (Å²) in [5, 5.41) is 3.02. The highest BCUT2D eigenvalue weighted by atomic mass is 16.1. The van der Waals surface area contributed by atoms with Gasteiger partial charge in [-0.25, -0.2) is 0 Å². The molecule has 0 aliphatic heterocycles. The molecule has 1 N–H and O–H groups in total. The lowest BCUT2D eigenvalue weighted by Crippen LogP contribution is -2.29. The van der Waals surface area contributed by atoms with Crippen molar-refractivity contribution in [1.29, 1.82) is 0 Å². The highest BCUT2D eigenvalue weighted by Crippen LogP contribution is 2.20. The van der Waals surface area contributed by atoms with E-state index in [0.29, 0.717) is 12.5 Å². The molecule has 0 unspecified atom stereocenters. The Bertz CT molecular complexity index is 464.